The van der Waals surface area contributed by atoms with Gasteiger partial charge in [0.25, 0.3) is 0 Å². The number of rotatable bonds is 7. The van der Waals surface area contributed by atoms with E-state index in [1.54, 1.807) is 24.3 Å². The maximum atomic E-state index is 12.0. The quantitative estimate of drug-likeness (QED) is 0.407. The van der Waals surface area contributed by atoms with Crippen molar-refractivity contribution in [3.05, 3.63) is 34.9 Å². The molecule has 1 aromatic rings. The Hall–Kier alpha value is -1.99. The van der Waals surface area contributed by atoms with E-state index in [9.17, 15) is 9.90 Å². The molecule has 1 atom stereocenters. The molecule has 158 valence electrons. The van der Waals surface area contributed by atoms with Gasteiger partial charge in [-0.2, -0.15) is 0 Å². The molecule has 1 aromatic carbocycles. The van der Waals surface area contributed by atoms with Gasteiger partial charge in [-0.05, 0) is 59.2 Å². The molecule has 0 fully saturated rings. The van der Waals surface area contributed by atoms with Gasteiger partial charge in [0.2, 0.25) is 0 Å². The third-order valence-electron chi connectivity index (χ3n) is 3.53. The summed E-state index contributed by atoms with van der Waals surface area (Å²) in [5.41, 5.74) is -0.392. The van der Waals surface area contributed by atoms with Crippen LogP contribution in [0.3, 0.4) is 0 Å². The lowest BCUT2D eigenvalue weighted by Crippen LogP contribution is -2.49. The summed E-state index contributed by atoms with van der Waals surface area (Å²) < 4.78 is 5.29. The summed E-state index contributed by atoms with van der Waals surface area (Å²) in [6, 6.07) is 7.05. The first-order valence-corrected chi connectivity index (χ1v) is 9.76. The smallest absolute Gasteiger partial charge is 0.408 e. The molecule has 0 spiro atoms. The molecule has 0 aliphatic rings. The monoisotopic (exact) mass is 412 g/mol. The van der Waals surface area contributed by atoms with Gasteiger partial charge in [0, 0.05) is 18.1 Å². The Balaban J connectivity index is 2.64. The third-order valence-corrected chi connectivity index (χ3v) is 3.79. The van der Waals surface area contributed by atoms with Gasteiger partial charge in [-0.1, -0.05) is 23.7 Å². The van der Waals surface area contributed by atoms with Gasteiger partial charge in [-0.3, -0.25) is 4.99 Å². The summed E-state index contributed by atoms with van der Waals surface area (Å²) in [5, 5.41) is 20.0. The van der Waals surface area contributed by atoms with Crippen molar-refractivity contribution in [1.82, 2.24) is 16.0 Å². The zero-order chi connectivity index (χ0) is 21.4. The van der Waals surface area contributed by atoms with Crippen LogP contribution < -0.4 is 16.0 Å². The van der Waals surface area contributed by atoms with E-state index >= 15 is 0 Å². The molecule has 28 heavy (non-hydrogen) atoms. The molecular formula is C20H33ClN4O3. The number of carbonyl (C=O) groups is 1. The molecule has 0 saturated heterocycles. The maximum absolute atomic E-state index is 12.0. The minimum absolute atomic E-state index is 0.285. The number of benzene rings is 1. The summed E-state index contributed by atoms with van der Waals surface area (Å²) in [4.78, 5) is 16.5. The summed E-state index contributed by atoms with van der Waals surface area (Å²) in [5.74, 6) is 0.551. The number of halogens is 1. The molecule has 1 amide bonds. The number of carbonyl (C=O) groups excluding carboxylic acids is 1. The molecule has 0 radical (unpaired) electrons. The van der Waals surface area contributed by atoms with Gasteiger partial charge in [0.1, 0.15) is 5.60 Å². The minimum atomic E-state index is -0.700. The first kappa shape index (κ1) is 24.0. The lowest BCUT2D eigenvalue weighted by molar-refractivity contribution is 0.0476. The van der Waals surface area contributed by atoms with E-state index in [4.69, 9.17) is 16.3 Å². The van der Waals surface area contributed by atoms with Crippen molar-refractivity contribution in [2.45, 2.75) is 58.8 Å². The number of aliphatic hydroxyl groups is 1. The molecule has 0 aromatic heterocycles. The highest BCUT2D eigenvalue weighted by molar-refractivity contribution is 6.30. The number of nitrogens with zero attached hydrogens (tertiary/aromatic N) is 1. The molecule has 0 bridgehead atoms. The first-order valence-electron chi connectivity index (χ1n) is 9.39. The SMILES string of the molecule is CCNC(=NCC(C)(C)NC(=O)OC(C)(C)C)NCC(O)c1ccc(Cl)cc1. The van der Waals surface area contributed by atoms with Crippen LogP contribution in [-0.4, -0.2) is 47.9 Å². The predicted molar refractivity (Wildman–Crippen MR) is 114 cm³/mol. The number of aliphatic hydroxyl groups excluding tert-OH is 1. The third kappa shape index (κ3) is 9.80. The van der Waals surface area contributed by atoms with Crippen LogP contribution in [0.5, 0.6) is 0 Å². The van der Waals surface area contributed by atoms with E-state index in [1.165, 1.54) is 0 Å². The number of alkyl carbamates (subject to hydrolysis) is 1. The number of guanidine groups is 1. The van der Waals surface area contributed by atoms with E-state index in [1.807, 2.05) is 41.5 Å². The van der Waals surface area contributed by atoms with Crippen LogP contribution in [0.4, 0.5) is 4.79 Å². The molecule has 0 heterocycles. The lowest BCUT2D eigenvalue weighted by Gasteiger charge is -2.27. The summed E-state index contributed by atoms with van der Waals surface area (Å²) in [6.45, 7) is 12.4. The molecule has 1 rings (SSSR count). The van der Waals surface area contributed by atoms with Crippen LogP contribution in [0.25, 0.3) is 0 Å². The second-order valence-corrected chi connectivity index (χ2v) is 8.59. The Morgan fingerprint density at radius 2 is 1.79 bits per heavy atom. The Kier molecular flexibility index (Phi) is 9.04. The largest absolute Gasteiger partial charge is 0.444 e. The average Bonchev–Trinajstić information content (AvgIpc) is 2.55. The summed E-state index contributed by atoms with van der Waals surface area (Å²) in [6.07, 6.45) is -1.18. The van der Waals surface area contributed by atoms with Crippen LogP contribution >= 0.6 is 11.6 Å². The van der Waals surface area contributed by atoms with Crippen molar-refractivity contribution in [2.24, 2.45) is 4.99 Å². The van der Waals surface area contributed by atoms with Gasteiger partial charge in [-0.15, -0.1) is 0 Å². The van der Waals surface area contributed by atoms with Crippen molar-refractivity contribution in [2.75, 3.05) is 19.6 Å². The highest BCUT2D eigenvalue weighted by Crippen LogP contribution is 2.15. The van der Waals surface area contributed by atoms with E-state index in [2.05, 4.69) is 20.9 Å². The summed E-state index contributed by atoms with van der Waals surface area (Å²) >= 11 is 5.88. The van der Waals surface area contributed by atoms with Crippen molar-refractivity contribution in [3.8, 4) is 0 Å². The fraction of sp³-hybridized carbons (Fsp3) is 0.600. The molecule has 0 aliphatic carbocycles. The molecule has 0 saturated carbocycles. The Labute approximate surface area is 172 Å². The Morgan fingerprint density at radius 3 is 2.32 bits per heavy atom. The average molecular weight is 413 g/mol. The van der Waals surface area contributed by atoms with Crippen molar-refractivity contribution in [1.29, 1.82) is 0 Å². The van der Waals surface area contributed by atoms with Crippen LogP contribution in [-0.2, 0) is 4.74 Å². The van der Waals surface area contributed by atoms with Crippen LogP contribution in [0, 0.1) is 0 Å². The lowest BCUT2D eigenvalue weighted by atomic mass is 10.1. The second kappa shape index (κ2) is 10.5. The van der Waals surface area contributed by atoms with Crippen molar-refractivity contribution < 1.29 is 14.6 Å². The molecule has 8 heteroatoms. The zero-order valence-corrected chi connectivity index (χ0v) is 18.4. The Morgan fingerprint density at radius 1 is 1.18 bits per heavy atom. The molecule has 1 unspecified atom stereocenters. The first-order chi connectivity index (χ1) is 12.9. The fourth-order valence-electron chi connectivity index (χ4n) is 2.23. The highest BCUT2D eigenvalue weighted by Gasteiger charge is 2.24. The van der Waals surface area contributed by atoms with Crippen LogP contribution in [0.1, 0.15) is 53.2 Å². The maximum Gasteiger partial charge on any atom is 0.408 e. The topological polar surface area (TPSA) is 95.0 Å². The predicted octanol–water partition coefficient (Wildman–Crippen LogP) is 3.23. The minimum Gasteiger partial charge on any atom is -0.444 e. The number of hydrogen-bond donors (Lipinski definition) is 4. The molecule has 7 nitrogen and oxygen atoms in total. The van der Waals surface area contributed by atoms with Gasteiger partial charge in [0.05, 0.1) is 18.2 Å². The molecular weight excluding hydrogens is 380 g/mol. The van der Waals surface area contributed by atoms with E-state index in [0.717, 1.165) is 5.56 Å². The van der Waals surface area contributed by atoms with Gasteiger partial charge >= 0.3 is 6.09 Å². The van der Waals surface area contributed by atoms with Gasteiger partial charge in [0.15, 0.2) is 5.96 Å². The van der Waals surface area contributed by atoms with Crippen LogP contribution in [0.2, 0.25) is 5.02 Å². The molecule has 4 N–H and O–H groups in total. The van der Waals surface area contributed by atoms with Gasteiger partial charge in [-0.25, -0.2) is 4.79 Å². The summed E-state index contributed by atoms with van der Waals surface area (Å²) in [7, 11) is 0. The van der Waals surface area contributed by atoms with E-state index in [-0.39, 0.29) is 6.54 Å². The number of aliphatic imine (C=N–C) groups is 1. The molecule has 0 aliphatic heterocycles. The second-order valence-electron chi connectivity index (χ2n) is 8.15. The van der Waals surface area contributed by atoms with E-state index < -0.39 is 23.3 Å². The van der Waals surface area contributed by atoms with Gasteiger partial charge < -0.3 is 25.8 Å². The standard InChI is InChI=1S/C20H33ClN4O3/c1-7-22-17(23-12-16(26)14-8-10-15(21)11-9-14)24-13-20(5,6)25-18(27)28-19(2,3)4/h8-11,16,26H,7,12-13H2,1-6H3,(H,25,27)(H2,22,23,24). The zero-order valence-electron chi connectivity index (χ0n) is 17.6. The number of amides is 1. The number of hydrogen-bond acceptors (Lipinski definition) is 4. The van der Waals surface area contributed by atoms with E-state index in [0.29, 0.717) is 24.1 Å². The van der Waals surface area contributed by atoms with Crippen molar-refractivity contribution >= 4 is 23.7 Å². The Bertz CT molecular complexity index is 654. The number of nitrogens with one attached hydrogen (secondary N) is 3. The van der Waals surface area contributed by atoms with Crippen molar-refractivity contribution in [3.63, 3.8) is 0 Å². The number of ether oxygens (including phenoxy) is 1. The highest BCUT2D eigenvalue weighted by atomic mass is 35.5. The van der Waals surface area contributed by atoms with Crippen LogP contribution in [0.15, 0.2) is 29.3 Å². The fourth-order valence-corrected chi connectivity index (χ4v) is 2.36. The normalized spacial score (nSPS) is 13.6.